The molecule has 0 aromatic heterocycles. The van der Waals surface area contributed by atoms with Crippen LogP contribution >= 0.6 is 0 Å². The Balaban J connectivity index is 1.63. The molecular formula is C17H31N3O. The third-order valence-electron chi connectivity index (χ3n) is 6.12. The fourth-order valence-electron chi connectivity index (χ4n) is 4.29. The minimum absolute atomic E-state index is 0.211. The van der Waals surface area contributed by atoms with E-state index >= 15 is 0 Å². The van der Waals surface area contributed by atoms with Crippen LogP contribution in [0.15, 0.2) is 0 Å². The lowest BCUT2D eigenvalue weighted by Crippen LogP contribution is -2.58. The van der Waals surface area contributed by atoms with Crippen LogP contribution in [-0.2, 0) is 4.79 Å². The third-order valence-corrected chi connectivity index (χ3v) is 6.12. The summed E-state index contributed by atoms with van der Waals surface area (Å²) >= 11 is 0. The summed E-state index contributed by atoms with van der Waals surface area (Å²) in [5.74, 6) is 0.215. The number of nitrogens with two attached hydrogens (primary N) is 1. The van der Waals surface area contributed by atoms with E-state index in [1.54, 1.807) is 0 Å². The average Bonchev–Trinajstić information content (AvgIpc) is 3.36. The first-order chi connectivity index (χ1) is 10.2. The molecule has 0 aromatic rings. The molecule has 4 heteroatoms. The van der Waals surface area contributed by atoms with Crippen molar-refractivity contribution in [3.63, 3.8) is 0 Å². The number of carbonyl (C=O) groups is 1. The average molecular weight is 293 g/mol. The highest BCUT2D eigenvalue weighted by Gasteiger charge is 2.49. The monoisotopic (exact) mass is 293 g/mol. The van der Waals surface area contributed by atoms with Crippen LogP contribution in [0.1, 0.15) is 64.2 Å². The van der Waals surface area contributed by atoms with Crippen LogP contribution in [0, 0.1) is 5.41 Å². The number of amides is 1. The number of nitrogens with one attached hydrogen (secondary N) is 1. The van der Waals surface area contributed by atoms with Gasteiger partial charge in [-0.15, -0.1) is 0 Å². The highest BCUT2D eigenvalue weighted by atomic mass is 16.2. The van der Waals surface area contributed by atoms with Gasteiger partial charge >= 0.3 is 0 Å². The van der Waals surface area contributed by atoms with Gasteiger partial charge in [-0.2, -0.15) is 0 Å². The second-order valence-electron chi connectivity index (χ2n) is 7.50. The van der Waals surface area contributed by atoms with Crippen molar-refractivity contribution >= 4 is 5.91 Å². The van der Waals surface area contributed by atoms with E-state index in [1.165, 1.54) is 64.5 Å². The van der Waals surface area contributed by atoms with Crippen LogP contribution in [0.5, 0.6) is 0 Å². The predicted molar refractivity (Wildman–Crippen MR) is 85.0 cm³/mol. The quantitative estimate of drug-likeness (QED) is 0.815. The summed E-state index contributed by atoms with van der Waals surface area (Å²) in [6.07, 6.45) is 12.5. The van der Waals surface area contributed by atoms with Crippen LogP contribution in [-0.4, -0.2) is 42.5 Å². The lowest BCUT2D eigenvalue weighted by Gasteiger charge is -2.48. The topological polar surface area (TPSA) is 58.4 Å². The zero-order valence-corrected chi connectivity index (χ0v) is 13.3. The molecule has 4 nitrogen and oxygen atoms in total. The highest BCUT2D eigenvalue weighted by molar-refractivity contribution is 5.85. The number of carbonyl (C=O) groups excluding carboxylic acids is 1. The van der Waals surface area contributed by atoms with Gasteiger partial charge in [0.2, 0.25) is 5.91 Å². The fraction of sp³-hybridized carbons (Fsp3) is 0.941. The van der Waals surface area contributed by atoms with E-state index in [0.29, 0.717) is 6.54 Å². The van der Waals surface area contributed by atoms with Crippen molar-refractivity contribution in [2.75, 3.05) is 26.2 Å². The molecule has 1 aliphatic heterocycles. The largest absolute Gasteiger partial charge is 0.354 e. The smallest absolute Gasteiger partial charge is 0.227 e. The minimum atomic E-state index is -0.211. The van der Waals surface area contributed by atoms with Gasteiger partial charge in [0.05, 0.1) is 5.41 Å². The van der Waals surface area contributed by atoms with Crippen LogP contribution in [0.4, 0.5) is 0 Å². The van der Waals surface area contributed by atoms with Crippen molar-refractivity contribution in [3.8, 4) is 0 Å². The van der Waals surface area contributed by atoms with E-state index in [1.807, 2.05) is 0 Å². The molecule has 0 unspecified atom stereocenters. The number of nitrogens with zero attached hydrogens (tertiary/aromatic N) is 1. The Hall–Kier alpha value is -0.610. The van der Waals surface area contributed by atoms with E-state index in [2.05, 4.69) is 10.2 Å². The molecule has 2 saturated carbocycles. The summed E-state index contributed by atoms with van der Waals surface area (Å²) in [5.41, 5.74) is 5.81. The van der Waals surface area contributed by atoms with E-state index < -0.39 is 0 Å². The van der Waals surface area contributed by atoms with Gasteiger partial charge in [0.1, 0.15) is 0 Å². The Morgan fingerprint density at radius 3 is 2.14 bits per heavy atom. The lowest BCUT2D eigenvalue weighted by atomic mass is 9.79. The minimum Gasteiger partial charge on any atom is -0.354 e. The molecule has 3 N–H and O–H groups in total. The Morgan fingerprint density at radius 1 is 0.952 bits per heavy atom. The van der Waals surface area contributed by atoms with E-state index in [0.717, 1.165) is 19.4 Å². The normalized spacial score (nSPS) is 28.0. The third kappa shape index (κ3) is 3.11. The van der Waals surface area contributed by atoms with E-state index in [-0.39, 0.29) is 16.9 Å². The summed E-state index contributed by atoms with van der Waals surface area (Å²) in [7, 11) is 0. The molecule has 1 saturated heterocycles. The van der Waals surface area contributed by atoms with Crippen LogP contribution < -0.4 is 11.1 Å². The van der Waals surface area contributed by atoms with Crippen molar-refractivity contribution in [3.05, 3.63) is 0 Å². The van der Waals surface area contributed by atoms with Crippen molar-refractivity contribution in [2.45, 2.75) is 69.7 Å². The van der Waals surface area contributed by atoms with Gasteiger partial charge in [-0.3, -0.25) is 9.69 Å². The number of likely N-dealkylation sites (tertiary alicyclic amines) is 1. The van der Waals surface area contributed by atoms with Crippen LogP contribution in [0.25, 0.3) is 0 Å². The summed E-state index contributed by atoms with van der Waals surface area (Å²) in [6, 6.07) is 0. The number of rotatable bonds is 5. The molecule has 3 fully saturated rings. The van der Waals surface area contributed by atoms with Crippen molar-refractivity contribution < 1.29 is 4.79 Å². The molecule has 0 bridgehead atoms. The molecule has 0 spiro atoms. The number of hydrogen-bond donors (Lipinski definition) is 2. The Kier molecular flexibility index (Phi) is 4.55. The van der Waals surface area contributed by atoms with E-state index in [9.17, 15) is 4.79 Å². The maximum atomic E-state index is 12.4. The fourth-order valence-corrected chi connectivity index (χ4v) is 4.29. The first kappa shape index (κ1) is 15.3. The molecule has 120 valence electrons. The molecule has 3 aliphatic rings. The molecule has 1 amide bonds. The van der Waals surface area contributed by atoms with Crippen LogP contribution in [0.2, 0.25) is 0 Å². The molecule has 21 heavy (non-hydrogen) atoms. The SMILES string of the molecule is NCC1(C(=O)NCC2(N3CCCCC3)CCCCC2)CC1. The molecular weight excluding hydrogens is 262 g/mol. The number of hydrogen-bond acceptors (Lipinski definition) is 3. The summed E-state index contributed by atoms with van der Waals surface area (Å²) < 4.78 is 0. The van der Waals surface area contributed by atoms with Gasteiger partial charge in [-0.1, -0.05) is 25.7 Å². The molecule has 0 radical (unpaired) electrons. The Bertz CT molecular complexity index is 366. The second kappa shape index (κ2) is 6.25. The van der Waals surface area contributed by atoms with Crippen LogP contribution in [0.3, 0.4) is 0 Å². The Morgan fingerprint density at radius 2 is 1.57 bits per heavy atom. The summed E-state index contributed by atoms with van der Waals surface area (Å²) in [5, 5.41) is 3.28. The lowest BCUT2D eigenvalue weighted by molar-refractivity contribution is -0.127. The standard InChI is InChI=1S/C17H31N3O/c18-13-16(9-10-16)15(21)19-14-17(7-3-1-4-8-17)20-11-5-2-6-12-20/h1-14,18H2,(H,19,21). The van der Waals surface area contributed by atoms with Gasteiger partial charge in [0.15, 0.2) is 0 Å². The number of piperidine rings is 1. The Labute approximate surface area is 128 Å². The van der Waals surface area contributed by atoms with Crippen molar-refractivity contribution in [1.82, 2.24) is 10.2 Å². The molecule has 0 atom stereocenters. The van der Waals surface area contributed by atoms with Gasteiger partial charge in [-0.05, 0) is 51.6 Å². The molecule has 1 heterocycles. The second-order valence-corrected chi connectivity index (χ2v) is 7.50. The molecule has 0 aromatic carbocycles. The van der Waals surface area contributed by atoms with Gasteiger partial charge < -0.3 is 11.1 Å². The highest BCUT2D eigenvalue weighted by Crippen LogP contribution is 2.45. The molecule has 3 rings (SSSR count). The zero-order valence-electron chi connectivity index (χ0n) is 13.3. The van der Waals surface area contributed by atoms with Crippen molar-refractivity contribution in [2.24, 2.45) is 11.1 Å². The van der Waals surface area contributed by atoms with Gasteiger partial charge in [0.25, 0.3) is 0 Å². The maximum absolute atomic E-state index is 12.4. The zero-order chi connectivity index (χ0) is 14.8. The maximum Gasteiger partial charge on any atom is 0.227 e. The summed E-state index contributed by atoms with van der Waals surface area (Å²) in [4.78, 5) is 15.1. The summed E-state index contributed by atoms with van der Waals surface area (Å²) in [6.45, 7) is 3.79. The molecule has 2 aliphatic carbocycles. The van der Waals surface area contributed by atoms with Gasteiger partial charge in [0, 0.05) is 18.6 Å². The predicted octanol–water partition coefficient (Wildman–Crippen LogP) is 2.03. The van der Waals surface area contributed by atoms with Crippen molar-refractivity contribution in [1.29, 1.82) is 0 Å². The first-order valence-electron chi connectivity index (χ1n) is 8.94. The first-order valence-corrected chi connectivity index (χ1v) is 8.94. The van der Waals surface area contributed by atoms with E-state index in [4.69, 9.17) is 5.73 Å². The van der Waals surface area contributed by atoms with Gasteiger partial charge in [-0.25, -0.2) is 0 Å².